The lowest BCUT2D eigenvalue weighted by Gasteiger charge is -2.09. The smallest absolute Gasteiger partial charge is 0.120 e. The highest BCUT2D eigenvalue weighted by atomic mass is 35.5. The van der Waals surface area contributed by atoms with Crippen molar-refractivity contribution in [3.05, 3.63) is 53.2 Å². The van der Waals surface area contributed by atoms with Crippen LogP contribution in [-0.2, 0) is 6.54 Å². The summed E-state index contributed by atoms with van der Waals surface area (Å²) in [4.78, 5) is 0. The van der Waals surface area contributed by atoms with E-state index in [4.69, 9.17) is 11.6 Å². The van der Waals surface area contributed by atoms with E-state index in [1.54, 1.807) is 24.4 Å². The van der Waals surface area contributed by atoms with Crippen LogP contribution in [0.3, 0.4) is 0 Å². The van der Waals surface area contributed by atoms with E-state index in [1.807, 2.05) is 18.2 Å². The van der Waals surface area contributed by atoms with Crippen LogP contribution in [0, 0.1) is 0 Å². The zero-order valence-corrected chi connectivity index (χ0v) is 10.8. The molecule has 0 aliphatic rings. The predicted octanol–water partition coefficient (Wildman–Crippen LogP) is 3.53. The molecule has 0 bridgehead atoms. The summed E-state index contributed by atoms with van der Waals surface area (Å²) in [5.74, 6) is 0.233. The number of halogens is 1. The molecule has 0 saturated carbocycles. The number of nitrogens with one attached hydrogen (secondary N) is 2. The van der Waals surface area contributed by atoms with Gasteiger partial charge in [0.2, 0.25) is 0 Å². The number of phenolic OH excluding ortho intramolecular Hbond substituents is 1. The van der Waals surface area contributed by atoms with Crippen molar-refractivity contribution in [3.63, 3.8) is 0 Å². The maximum absolute atomic E-state index is 9.77. The minimum atomic E-state index is 0.233. The molecular weight excluding hydrogens is 262 g/mol. The van der Waals surface area contributed by atoms with Gasteiger partial charge in [0.05, 0.1) is 11.7 Å². The molecule has 96 valence electrons. The van der Waals surface area contributed by atoms with Gasteiger partial charge >= 0.3 is 0 Å². The SMILES string of the molecule is Oc1ccc(Cl)cc1CNc1cccc2[nH]ncc12. The summed E-state index contributed by atoms with van der Waals surface area (Å²) >= 11 is 5.92. The fourth-order valence-corrected chi connectivity index (χ4v) is 2.20. The van der Waals surface area contributed by atoms with Crippen molar-refractivity contribution in [3.8, 4) is 5.75 Å². The number of rotatable bonds is 3. The first kappa shape index (κ1) is 11.9. The van der Waals surface area contributed by atoms with E-state index in [1.165, 1.54) is 0 Å². The van der Waals surface area contributed by atoms with E-state index in [2.05, 4.69) is 15.5 Å². The average Bonchev–Trinajstić information content (AvgIpc) is 2.88. The summed E-state index contributed by atoms with van der Waals surface area (Å²) in [6, 6.07) is 10.9. The predicted molar refractivity (Wildman–Crippen MR) is 76.5 cm³/mol. The maximum Gasteiger partial charge on any atom is 0.120 e. The molecule has 0 saturated heterocycles. The van der Waals surface area contributed by atoms with Gasteiger partial charge in [-0.1, -0.05) is 17.7 Å². The number of aromatic nitrogens is 2. The van der Waals surface area contributed by atoms with Crippen LogP contribution in [0.2, 0.25) is 5.02 Å². The third kappa shape index (κ3) is 2.35. The number of fused-ring (bicyclic) bond motifs is 1. The first-order valence-electron chi connectivity index (χ1n) is 5.87. The monoisotopic (exact) mass is 273 g/mol. The number of phenols is 1. The molecule has 0 atom stereocenters. The third-order valence-corrected chi connectivity index (χ3v) is 3.23. The molecule has 1 aromatic heterocycles. The molecule has 0 aliphatic carbocycles. The van der Waals surface area contributed by atoms with Gasteiger partial charge in [0.15, 0.2) is 0 Å². The number of nitrogens with zero attached hydrogens (tertiary/aromatic N) is 1. The van der Waals surface area contributed by atoms with Gasteiger partial charge in [0.25, 0.3) is 0 Å². The molecule has 19 heavy (non-hydrogen) atoms. The van der Waals surface area contributed by atoms with Gasteiger partial charge in [-0.2, -0.15) is 5.10 Å². The molecule has 2 aromatic carbocycles. The van der Waals surface area contributed by atoms with Crippen LogP contribution >= 0.6 is 11.6 Å². The fraction of sp³-hybridized carbons (Fsp3) is 0.0714. The molecule has 0 unspecified atom stereocenters. The van der Waals surface area contributed by atoms with Crippen LogP contribution in [0.1, 0.15) is 5.56 Å². The summed E-state index contributed by atoms with van der Waals surface area (Å²) in [7, 11) is 0. The molecule has 3 rings (SSSR count). The van der Waals surface area contributed by atoms with Crippen LogP contribution in [-0.4, -0.2) is 15.3 Å². The van der Waals surface area contributed by atoms with Crippen LogP contribution in [0.4, 0.5) is 5.69 Å². The second-order valence-electron chi connectivity index (χ2n) is 4.26. The maximum atomic E-state index is 9.77. The highest BCUT2D eigenvalue weighted by molar-refractivity contribution is 6.30. The van der Waals surface area contributed by atoms with Gasteiger partial charge in [-0.05, 0) is 30.3 Å². The minimum Gasteiger partial charge on any atom is -0.508 e. The Morgan fingerprint density at radius 1 is 1.26 bits per heavy atom. The normalized spacial score (nSPS) is 10.8. The van der Waals surface area contributed by atoms with Gasteiger partial charge in [-0.25, -0.2) is 0 Å². The highest BCUT2D eigenvalue weighted by Gasteiger charge is 2.05. The van der Waals surface area contributed by atoms with Gasteiger partial charge in [-0.3, -0.25) is 5.10 Å². The van der Waals surface area contributed by atoms with E-state index < -0.39 is 0 Å². The van der Waals surface area contributed by atoms with E-state index in [0.29, 0.717) is 11.6 Å². The Kier molecular flexibility index (Phi) is 3.01. The number of aromatic hydroxyl groups is 1. The Morgan fingerprint density at radius 3 is 3.05 bits per heavy atom. The van der Waals surface area contributed by atoms with Gasteiger partial charge in [0, 0.05) is 28.2 Å². The van der Waals surface area contributed by atoms with Crippen molar-refractivity contribution in [2.45, 2.75) is 6.54 Å². The molecule has 0 fully saturated rings. The molecular formula is C14H12ClN3O. The molecule has 0 spiro atoms. The zero-order chi connectivity index (χ0) is 13.2. The summed E-state index contributed by atoms with van der Waals surface area (Å²) in [6.45, 7) is 0.497. The zero-order valence-electron chi connectivity index (χ0n) is 10.0. The topological polar surface area (TPSA) is 60.9 Å². The number of H-pyrrole nitrogens is 1. The van der Waals surface area contributed by atoms with Crippen LogP contribution in [0.15, 0.2) is 42.6 Å². The molecule has 3 N–H and O–H groups in total. The Bertz CT molecular complexity index is 724. The number of hydrogen-bond acceptors (Lipinski definition) is 3. The van der Waals surface area contributed by atoms with Crippen LogP contribution in [0.5, 0.6) is 5.75 Å². The van der Waals surface area contributed by atoms with E-state index in [0.717, 1.165) is 22.2 Å². The second-order valence-corrected chi connectivity index (χ2v) is 4.70. The fourth-order valence-electron chi connectivity index (χ4n) is 2.01. The summed E-state index contributed by atoms with van der Waals surface area (Å²) in [5.41, 5.74) is 2.69. The molecule has 0 aliphatic heterocycles. The number of hydrogen-bond donors (Lipinski definition) is 3. The largest absolute Gasteiger partial charge is 0.508 e. The summed E-state index contributed by atoms with van der Waals surface area (Å²) in [6.07, 6.45) is 1.77. The second kappa shape index (κ2) is 4.82. The first-order chi connectivity index (χ1) is 9.24. The molecule has 0 amide bonds. The number of aromatic amines is 1. The van der Waals surface area contributed by atoms with Crippen molar-refractivity contribution in [2.24, 2.45) is 0 Å². The third-order valence-electron chi connectivity index (χ3n) is 3.00. The number of benzene rings is 2. The van der Waals surface area contributed by atoms with Crippen molar-refractivity contribution in [1.82, 2.24) is 10.2 Å². The van der Waals surface area contributed by atoms with Gasteiger partial charge < -0.3 is 10.4 Å². The van der Waals surface area contributed by atoms with Crippen molar-refractivity contribution >= 4 is 28.2 Å². The van der Waals surface area contributed by atoms with Gasteiger partial charge in [0.1, 0.15) is 5.75 Å². The van der Waals surface area contributed by atoms with Gasteiger partial charge in [-0.15, -0.1) is 0 Å². The lowest BCUT2D eigenvalue weighted by molar-refractivity contribution is 0.469. The Hall–Kier alpha value is -2.20. The average molecular weight is 274 g/mol. The summed E-state index contributed by atoms with van der Waals surface area (Å²) < 4.78 is 0. The first-order valence-corrected chi connectivity index (χ1v) is 6.25. The highest BCUT2D eigenvalue weighted by Crippen LogP contribution is 2.25. The van der Waals surface area contributed by atoms with Crippen LogP contribution in [0.25, 0.3) is 10.9 Å². The Morgan fingerprint density at radius 2 is 2.16 bits per heavy atom. The molecule has 1 heterocycles. The van der Waals surface area contributed by atoms with Crippen LogP contribution < -0.4 is 5.32 Å². The molecule has 0 radical (unpaired) electrons. The van der Waals surface area contributed by atoms with E-state index >= 15 is 0 Å². The molecule has 5 heteroatoms. The van der Waals surface area contributed by atoms with Crippen molar-refractivity contribution < 1.29 is 5.11 Å². The standard InChI is InChI=1S/C14H12ClN3O/c15-10-4-5-14(19)9(6-10)7-16-12-2-1-3-13-11(12)8-17-18-13/h1-6,8,16,19H,7H2,(H,17,18). The van der Waals surface area contributed by atoms with Crippen molar-refractivity contribution in [2.75, 3.05) is 5.32 Å². The van der Waals surface area contributed by atoms with E-state index in [9.17, 15) is 5.11 Å². The lowest BCUT2D eigenvalue weighted by Crippen LogP contribution is -2.00. The Labute approximate surface area is 115 Å². The summed E-state index contributed by atoms with van der Waals surface area (Å²) in [5, 5.41) is 21.6. The minimum absolute atomic E-state index is 0.233. The lowest BCUT2D eigenvalue weighted by atomic mass is 10.1. The van der Waals surface area contributed by atoms with E-state index in [-0.39, 0.29) is 5.75 Å². The van der Waals surface area contributed by atoms with Crippen molar-refractivity contribution in [1.29, 1.82) is 0 Å². The quantitative estimate of drug-likeness (QED) is 0.684. The molecule has 4 nitrogen and oxygen atoms in total. The Balaban J connectivity index is 1.86. The number of anilines is 1. The molecule has 3 aromatic rings.